The van der Waals surface area contributed by atoms with Crippen LogP contribution in [0.15, 0.2) is 61.1 Å². The van der Waals surface area contributed by atoms with Crippen molar-refractivity contribution in [1.82, 2.24) is 29.7 Å². The smallest absolute Gasteiger partial charge is 0.0918 e. The third-order valence-electron chi connectivity index (χ3n) is 5.86. The molecule has 6 nitrogen and oxygen atoms in total. The van der Waals surface area contributed by atoms with E-state index in [4.69, 9.17) is 4.98 Å². The van der Waals surface area contributed by atoms with Crippen LogP contribution >= 0.6 is 0 Å². The van der Waals surface area contributed by atoms with E-state index in [0.29, 0.717) is 5.92 Å². The molecule has 0 spiro atoms. The molecule has 4 heterocycles. The van der Waals surface area contributed by atoms with Crippen LogP contribution in [0.5, 0.6) is 0 Å². The van der Waals surface area contributed by atoms with Crippen LogP contribution in [0.4, 0.5) is 0 Å². The number of aromatic nitrogens is 4. The number of fused-ring (bicyclic) bond motifs is 2. The maximum Gasteiger partial charge on any atom is 0.0918 e. The minimum absolute atomic E-state index is 0.526. The van der Waals surface area contributed by atoms with E-state index >= 15 is 0 Å². The summed E-state index contributed by atoms with van der Waals surface area (Å²) in [5.41, 5.74) is 6.23. The van der Waals surface area contributed by atoms with Gasteiger partial charge in [0.05, 0.1) is 34.0 Å². The molecule has 0 N–H and O–H groups in total. The minimum Gasteiger partial charge on any atom is -0.305 e. The Morgan fingerprint density at radius 2 is 1.73 bits per heavy atom. The van der Waals surface area contributed by atoms with Crippen molar-refractivity contribution in [2.75, 3.05) is 33.2 Å². The van der Waals surface area contributed by atoms with Gasteiger partial charge in [-0.15, -0.1) is 0 Å². The second kappa shape index (κ2) is 8.42. The highest BCUT2D eigenvalue weighted by molar-refractivity contribution is 5.77. The average molecular weight is 399 g/mol. The van der Waals surface area contributed by atoms with E-state index < -0.39 is 0 Å². The molecule has 1 saturated heterocycles. The van der Waals surface area contributed by atoms with Crippen molar-refractivity contribution < 1.29 is 0 Å². The summed E-state index contributed by atoms with van der Waals surface area (Å²) in [6.07, 6.45) is 6.69. The number of hydrogen-bond donors (Lipinski definition) is 0. The Morgan fingerprint density at radius 1 is 0.867 bits per heavy atom. The fourth-order valence-electron chi connectivity index (χ4n) is 4.44. The molecule has 0 bridgehead atoms. The SMILES string of the molecule is CN1CCN(Cc2cnc3ccccc3n2)CC(Cc2ccnc3cccnc23)C1. The normalized spacial score (nSPS) is 18.6. The molecule has 1 atom stereocenters. The van der Waals surface area contributed by atoms with E-state index in [-0.39, 0.29) is 0 Å². The predicted octanol–water partition coefficient (Wildman–Crippen LogP) is 3.18. The molecule has 30 heavy (non-hydrogen) atoms. The summed E-state index contributed by atoms with van der Waals surface area (Å²) in [6, 6.07) is 14.2. The fraction of sp³-hybridized carbons (Fsp3) is 0.333. The molecule has 3 aromatic heterocycles. The molecule has 5 rings (SSSR count). The third kappa shape index (κ3) is 4.15. The van der Waals surface area contributed by atoms with E-state index in [0.717, 1.165) is 66.9 Å². The number of rotatable bonds is 4. The Hall–Kier alpha value is -2.96. The Kier molecular flexibility index (Phi) is 5.34. The molecule has 0 aliphatic carbocycles. The van der Waals surface area contributed by atoms with Gasteiger partial charge in [0.15, 0.2) is 0 Å². The first-order valence-electron chi connectivity index (χ1n) is 10.5. The third-order valence-corrected chi connectivity index (χ3v) is 5.86. The first-order chi connectivity index (χ1) is 14.7. The topological polar surface area (TPSA) is 58.0 Å². The summed E-state index contributed by atoms with van der Waals surface area (Å²) < 4.78 is 0. The Labute approximate surface area is 176 Å². The summed E-state index contributed by atoms with van der Waals surface area (Å²) in [5.74, 6) is 0.526. The molecular formula is C24H26N6. The van der Waals surface area contributed by atoms with Crippen molar-refractivity contribution in [3.8, 4) is 0 Å². The Bertz CT molecular complexity index is 1160. The summed E-state index contributed by atoms with van der Waals surface area (Å²) in [6.45, 7) is 5.05. The van der Waals surface area contributed by atoms with Crippen molar-refractivity contribution in [2.45, 2.75) is 13.0 Å². The van der Waals surface area contributed by atoms with Gasteiger partial charge in [0.2, 0.25) is 0 Å². The number of para-hydroxylation sites is 2. The van der Waals surface area contributed by atoms with E-state index in [9.17, 15) is 0 Å². The molecule has 0 radical (unpaired) electrons. The van der Waals surface area contributed by atoms with Gasteiger partial charge in [-0.1, -0.05) is 12.1 Å². The van der Waals surface area contributed by atoms with Crippen LogP contribution in [0.1, 0.15) is 11.3 Å². The largest absolute Gasteiger partial charge is 0.305 e. The van der Waals surface area contributed by atoms with Crippen LogP contribution in [-0.2, 0) is 13.0 Å². The zero-order valence-corrected chi connectivity index (χ0v) is 17.3. The van der Waals surface area contributed by atoms with Crippen LogP contribution in [0.25, 0.3) is 22.1 Å². The van der Waals surface area contributed by atoms with Gasteiger partial charge >= 0.3 is 0 Å². The molecule has 1 aliphatic rings. The zero-order chi connectivity index (χ0) is 20.3. The molecule has 1 aromatic carbocycles. The van der Waals surface area contributed by atoms with Gasteiger partial charge in [0.25, 0.3) is 0 Å². The van der Waals surface area contributed by atoms with Gasteiger partial charge in [0, 0.05) is 45.1 Å². The lowest BCUT2D eigenvalue weighted by atomic mass is 9.98. The van der Waals surface area contributed by atoms with Crippen molar-refractivity contribution in [1.29, 1.82) is 0 Å². The molecule has 152 valence electrons. The molecule has 0 amide bonds. The van der Waals surface area contributed by atoms with E-state index in [1.54, 1.807) is 0 Å². The average Bonchev–Trinajstić information content (AvgIpc) is 2.94. The van der Waals surface area contributed by atoms with Crippen LogP contribution < -0.4 is 0 Å². The van der Waals surface area contributed by atoms with Gasteiger partial charge in [-0.05, 0) is 55.3 Å². The molecular weight excluding hydrogens is 372 g/mol. The molecule has 4 aromatic rings. The van der Waals surface area contributed by atoms with Crippen molar-refractivity contribution in [3.63, 3.8) is 0 Å². The molecule has 0 saturated carbocycles. The van der Waals surface area contributed by atoms with Crippen molar-refractivity contribution in [3.05, 3.63) is 72.3 Å². The molecule has 1 fully saturated rings. The molecule has 1 unspecified atom stereocenters. The summed E-state index contributed by atoms with van der Waals surface area (Å²) in [7, 11) is 2.22. The predicted molar refractivity (Wildman–Crippen MR) is 119 cm³/mol. The highest BCUT2D eigenvalue weighted by Crippen LogP contribution is 2.21. The van der Waals surface area contributed by atoms with Crippen LogP contribution in [0.2, 0.25) is 0 Å². The fourth-order valence-corrected chi connectivity index (χ4v) is 4.44. The number of nitrogens with zero attached hydrogens (tertiary/aromatic N) is 6. The Morgan fingerprint density at radius 3 is 2.67 bits per heavy atom. The first-order valence-corrected chi connectivity index (χ1v) is 10.5. The quantitative estimate of drug-likeness (QED) is 0.526. The number of likely N-dealkylation sites (N-methyl/N-ethyl adjacent to an activating group) is 1. The van der Waals surface area contributed by atoms with Gasteiger partial charge in [-0.3, -0.25) is 19.9 Å². The van der Waals surface area contributed by atoms with Gasteiger partial charge in [-0.25, -0.2) is 4.98 Å². The van der Waals surface area contributed by atoms with Crippen molar-refractivity contribution >= 4 is 22.1 Å². The molecule has 1 aliphatic heterocycles. The lowest BCUT2D eigenvalue weighted by Crippen LogP contribution is -2.31. The molecule has 6 heteroatoms. The minimum atomic E-state index is 0.526. The van der Waals surface area contributed by atoms with Crippen LogP contribution in [-0.4, -0.2) is 63.0 Å². The Balaban J connectivity index is 1.35. The van der Waals surface area contributed by atoms with E-state index in [2.05, 4.69) is 37.9 Å². The second-order valence-corrected chi connectivity index (χ2v) is 8.26. The summed E-state index contributed by atoms with van der Waals surface area (Å²) >= 11 is 0. The lowest BCUT2D eigenvalue weighted by Gasteiger charge is -2.24. The van der Waals surface area contributed by atoms with E-state index in [1.807, 2.05) is 55.0 Å². The van der Waals surface area contributed by atoms with Gasteiger partial charge in [-0.2, -0.15) is 0 Å². The summed E-state index contributed by atoms with van der Waals surface area (Å²) in [5, 5.41) is 0. The zero-order valence-electron chi connectivity index (χ0n) is 17.3. The summed E-state index contributed by atoms with van der Waals surface area (Å²) in [4.78, 5) is 23.4. The monoisotopic (exact) mass is 398 g/mol. The first kappa shape index (κ1) is 19.0. The van der Waals surface area contributed by atoms with E-state index in [1.165, 1.54) is 5.56 Å². The van der Waals surface area contributed by atoms with Gasteiger partial charge < -0.3 is 4.90 Å². The highest BCUT2D eigenvalue weighted by Gasteiger charge is 2.22. The van der Waals surface area contributed by atoms with Crippen LogP contribution in [0.3, 0.4) is 0 Å². The van der Waals surface area contributed by atoms with Crippen molar-refractivity contribution in [2.24, 2.45) is 5.92 Å². The number of benzene rings is 1. The highest BCUT2D eigenvalue weighted by atomic mass is 15.2. The maximum absolute atomic E-state index is 4.83. The number of pyridine rings is 2. The standard InChI is InChI=1S/C24H26N6/c1-29-11-12-30(17-20-14-27-21-5-2-3-6-22(21)28-20)16-18(15-29)13-19-8-10-25-23-7-4-9-26-24(19)23/h2-10,14,18H,11-13,15-17H2,1H3. The second-order valence-electron chi connectivity index (χ2n) is 8.26. The maximum atomic E-state index is 4.83. The lowest BCUT2D eigenvalue weighted by molar-refractivity contribution is 0.246. The number of hydrogen-bond acceptors (Lipinski definition) is 6. The van der Waals surface area contributed by atoms with Gasteiger partial charge in [0.1, 0.15) is 0 Å². The van der Waals surface area contributed by atoms with Crippen LogP contribution in [0, 0.1) is 5.92 Å².